The zero-order valence-electron chi connectivity index (χ0n) is 17.0. The predicted molar refractivity (Wildman–Crippen MR) is 115 cm³/mol. The van der Waals surface area contributed by atoms with Crippen molar-refractivity contribution >= 4 is 34.3 Å². The fraction of sp³-hybridized carbons (Fsp3) is 0.450. The molecule has 0 saturated heterocycles. The maximum Gasteiger partial charge on any atom is 0.223 e. The van der Waals surface area contributed by atoms with Crippen LogP contribution >= 0.6 is 11.6 Å². The van der Waals surface area contributed by atoms with E-state index in [0.29, 0.717) is 35.6 Å². The number of nitrogens with two attached hydrogens (primary N) is 1. The molecule has 31 heavy (non-hydrogen) atoms. The Balaban J connectivity index is 1.76. The van der Waals surface area contributed by atoms with Crippen LogP contribution in [0.15, 0.2) is 16.5 Å². The first kappa shape index (κ1) is 21.7. The molecule has 3 aromatic heterocycles. The van der Waals surface area contributed by atoms with Gasteiger partial charge in [-0.1, -0.05) is 11.6 Å². The summed E-state index contributed by atoms with van der Waals surface area (Å²) in [7, 11) is 1.60. The minimum atomic E-state index is -1.10. The normalized spacial score (nSPS) is 23.5. The van der Waals surface area contributed by atoms with Crippen molar-refractivity contribution in [3.8, 4) is 11.3 Å². The Morgan fingerprint density at radius 1 is 1.26 bits per heavy atom. The second kappa shape index (κ2) is 8.56. The lowest BCUT2D eigenvalue weighted by Crippen LogP contribution is -2.35. The number of nitrogens with zero attached hydrogens (tertiary/aromatic N) is 3. The second-order valence-corrected chi connectivity index (χ2v) is 8.03. The number of aromatic nitrogens is 3. The Labute approximate surface area is 183 Å². The number of aryl methyl sites for hydroxylation is 1. The molecule has 166 valence electrons. The van der Waals surface area contributed by atoms with Crippen LogP contribution in [0.3, 0.4) is 0 Å². The van der Waals surface area contributed by atoms with Gasteiger partial charge in [-0.3, -0.25) is 4.98 Å². The SMILES string of the molecule is COCc1cc2cc(-c3c(Cl)nc(N)nc3NC3CC(CO)C(O)C3O)oc2c(C)n1. The van der Waals surface area contributed by atoms with E-state index in [-0.39, 0.29) is 23.5 Å². The highest BCUT2D eigenvalue weighted by atomic mass is 35.5. The smallest absolute Gasteiger partial charge is 0.223 e. The van der Waals surface area contributed by atoms with Gasteiger partial charge in [0.05, 0.1) is 35.7 Å². The lowest BCUT2D eigenvalue weighted by Gasteiger charge is -2.20. The van der Waals surface area contributed by atoms with Gasteiger partial charge in [0.1, 0.15) is 22.8 Å². The molecular weight excluding hydrogens is 426 g/mol. The summed E-state index contributed by atoms with van der Waals surface area (Å²) in [5.41, 5.74) is 8.21. The number of halogens is 1. The summed E-state index contributed by atoms with van der Waals surface area (Å²) in [5, 5.41) is 33.9. The van der Waals surface area contributed by atoms with E-state index in [1.165, 1.54) is 0 Å². The molecule has 3 heterocycles. The highest BCUT2D eigenvalue weighted by Crippen LogP contribution is 2.39. The number of pyridine rings is 1. The monoisotopic (exact) mass is 449 g/mol. The van der Waals surface area contributed by atoms with Crippen LogP contribution in [-0.2, 0) is 11.3 Å². The van der Waals surface area contributed by atoms with Gasteiger partial charge >= 0.3 is 0 Å². The molecule has 4 rings (SSSR count). The third kappa shape index (κ3) is 4.04. The molecule has 0 aliphatic heterocycles. The van der Waals surface area contributed by atoms with Gasteiger partial charge in [0.25, 0.3) is 0 Å². The molecule has 0 amide bonds. The van der Waals surface area contributed by atoms with Crippen molar-refractivity contribution in [3.05, 3.63) is 28.7 Å². The second-order valence-electron chi connectivity index (χ2n) is 7.67. The number of aliphatic hydroxyl groups excluding tert-OH is 3. The van der Waals surface area contributed by atoms with Crippen molar-refractivity contribution in [3.63, 3.8) is 0 Å². The molecular formula is C20H24ClN5O5. The van der Waals surface area contributed by atoms with Gasteiger partial charge in [0, 0.05) is 25.0 Å². The van der Waals surface area contributed by atoms with E-state index in [1.807, 2.05) is 13.0 Å². The number of hydrogen-bond donors (Lipinski definition) is 5. The Bertz CT molecular complexity index is 1110. The summed E-state index contributed by atoms with van der Waals surface area (Å²) in [4.78, 5) is 12.8. The van der Waals surface area contributed by atoms with Crippen LogP contribution in [-0.4, -0.2) is 62.2 Å². The molecule has 0 bridgehead atoms. The average molecular weight is 450 g/mol. The predicted octanol–water partition coefficient (Wildman–Crippen LogP) is 1.49. The minimum absolute atomic E-state index is 0.0562. The van der Waals surface area contributed by atoms with Crippen molar-refractivity contribution in [2.24, 2.45) is 5.92 Å². The number of fused-ring (bicyclic) bond motifs is 1. The molecule has 1 fully saturated rings. The molecule has 0 radical (unpaired) electrons. The summed E-state index contributed by atoms with van der Waals surface area (Å²) in [6.07, 6.45) is -1.82. The standard InChI is InChI=1S/C20H24ClN5O5/c1-8-17-9(3-11(23-8)7-30-2)5-13(31-17)14-18(21)25-20(22)26-19(14)24-12-4-10(6-27)15(28)16(12)29/h3,5,10,12,15-16,27-29H,4,6-7H2,1-2H3,(H3,22,24,25,26). The fourth-order valence-electron chi connectivity index (χ4n) is 4.01. The first-order valence-corrected chi connectivity index (χ1v) is 10.2. The molecule has 6 N–H and O–H groups in total. The van der Waals surface area contributed by atoms with E-state index in [4.69, 9.17) is 26.5 Å². The van der Waals surface area contributed by atoms with Gasteiger partial charge in [-0.2, -0.15) is 4.98 Å². The quantitative estimate of drug-likeness (QED) is 0.349. The van der Waals surface area contributed by atoms with Crippen molar-refractivity contribution in [2.75, 3.05) is 24.8 Å². The number of methoxy groups -OCH3 is 1. The molecule has 10 nitrogen and oxygen atoms in total. The number of aliphatic hydroxyl groups is 3. The maximum atomic E-state index is 10.4. The van der Waals surface area contributed by atoms with Gasteiger partial charge in [-0.15, -0.1) is 0 Å². The zero-order valence-corrected chi connectivity index (χ0v) is 17.8. The number of nitrogen functional groups attached to an aromatic ring is 1. The zero-order chi connectivity index (χ0) is 22.3. The molecule has 1 aliphatic rings. The molecule has 1 aliphatic carbocycles. The van der Waals surface area contributed by atoms with E-state index >= 15 is 0 Å². The minimum Gasteiger partial charge on any atom is -0.454 e. The summed E-state index contributed by atoms with van der Waals surface area (Å²) >= 11 is 6.41. The molecule has 0 spiro atoms. The third-order valence-electron chi connectivity index (χ3n) is 5.50. The molecule has 3 aromatic rings. The topological polar surface area (TPSA) is 160 Å². The largest absolute Gasteiger partial charge is 0.454 e. The number of anilines is 2. The average Bonchev–Trinajstić information content (AvgIpc) is 3.24. The van der Waals surface area contributed by atoms with E-state index in [9.17, 15) is 15.3 Å². The van der Waals surface area contributed by atoms with E-state index in [0.717, 1.165) is 11.1 Å². The van der Waals surface area contributed by atoms with Gasteiger partial charge < -0.3 is 35.5 Å². The Morgan fingerprint density at radius 2 is 2.03 bits per heavy atom. The van der Waals surface area contributed by atoms with Gasteiger partial charge in [-0.25, -0.2) is 4.98 Å². The third-order valence-corrected chi connectivity index (χ3v) is 5.78. The van der Waals surface area contributed by atoms with Gasteiger partial charge in [-0.05, 0) is 25.5 Å². The van der Waals surface area contributed by atoms with Crippen LogP contribution in [0.1, 0.15) is 17.8 Å². The Kier molecular flexibility index (Phi) is 6.00. The molecule has 1 saturated carbocycles. The molecule has 11 heteroatoms. The number of furan rings is 1. The van der Waals surface area contributed by atoms with Crippen molar-refractivity contribution in [1.29, 1.82) is 0 Å². The Hall–Kier alpha value is -2.50. The number of hydrogen-bond acceptors (Lipinski definition) is 10. The maximum absolute atomic E-state index is 10.4. The number of rotatable bonds is 6. The van der Waals surface area contributed by atoms with E-state index in [2.05, 4.69) is 20.3 Å². The number of nitrogens with one attached hydrogen (secondary N) is 1. The van der Waals surface area contributed by atoms with Crippen LogP contribution < -0.4 is 11.1 Å². The summed E-state index contributed by atoms with van der Waals surface area (Å²) in [6.45, 7) is 1.96. The van der Waals surface area contributed by atoms with Crippen molar-refractivity contribution in [2.45, 2.75) is 38.2 Å². The summed E-state index contributed by atoms with van der Waals surface area (Å²) < 4.78 is 11.2. The van der Waals surface area contributed by atoms with E-state index in [1.54, 1.807) is 13.2 Å². The fourth-order valence-corrected chi connectivity index (χ4v) is 4.28. The molecule has 0 aromatic carbocycles. The first-order valence-electron chi connectivity index (χ1n) is 9.78. The number of ether oxygens (including phenoxy) is 1. The van der Waals surface area contributed by atoms with Gasteiger partial charge in [0.15, 0.2) is 5.58 Å². The van der Waals surface area contributed by atoms with Crippen LogP contribution in [0.25, 0.3) is 22.3 Å². The van der Waals surface area contributed by atoms with Crippen LogP contribution in [0.4, 0.5) is 11.8 Å². The Morgan fingerprint density at radius 3 is 2.71 bits per heavy atom. The summed E-state index contributed by atoms with van der Waals surface area (Å²) in [5.74, 6) is 0.145. The summed E-state index contributed by atoms with van der Waals surface area (Å²) in [6, 6.07) is 3.09. The highest BCUT2D eigenvalue weighted by Gasteiger charge is 2.41. The van der Waals surface area contributed by atoms with Crippen LogP contribution in [0.5, 0.6) is 0 Å². The van der Waals surface area contributed by atoms with Gasteiger partial charge in [0.2, 0.25) is 5.95 Å². The van der Waals surface area contributed by atoms with E-state index < -0.39 is 24.2 Å². The first-order chi connectivity index (χ1) is 14.8. The lowest BCUT2D eigenvalue weighted by atomic mass is 10.1. The van der Waals surface area contributed by atoms with Crippen LogP contribution in [0, 0.1) is 12.8 Å². The molecule has 4 atom stereocenters. The highest BCUT2D eigenvalue weighted by molar-refractivity contribution is 6.32. The van der Waals surface area contributed by atoms with Crippen molar-refractivity contribution in [1.82, 2.24) is 15.0 Å². The lowest BCUT2D eigenvalue weighted by molar-refractivity contribution is 0.00446. The van der Waals surface area contributed by atoms with Crippen molar-refractivity contribution < 1.29 is 24.5 Å². The van der Waals surface area contributed by atoms with Crippen LogP contribution in [0.2, 0.25) is 5.15 Å². The molecule has 4 unspecified atom stereocenters.